The van der Waals surface area contributed by atoms with Crippen LogP contribution in [0.5, 0.6) is 0 Å². The Kier molecular flexibility index (Phi) is 6.24. The molecule has 1 atom stereocenters. The highest BCUT2D eigenvalue weighted by Crippen LogP contribution is 2.26. The van der Waals surface area contributed by atoms with E-state index in [4.69, 9.17) is 4.99 Å². The van der Waals surface area contributed by atoms with E-state index >= 15 is 0 Å². The van der Waals surface area contributed by atoms with Gasteiger partial charge in [0.15, 0.2) is 5.96 Å². The first-order chi connectivity index (χ1) is 10.6. The third-order valence-corrected chi connectivity index (χ3v) is 4.04. The molecule has 0 aromatic carbocycles. The Morgan fingerprint density at radius 1 is 1.50 bits per heavy atom. The summed E-state index contributed by atoms with van der Waals surface area (Å²) in [6.07, 6.45) is 6.40. The molecule has 2 rings (SSSR count). The molecule has 0 amide bonds. The van der Waals surface area contributed by atoms with Crippen molar-refractivity contribution in [3.05, 3.63) is 18.0 Å². The summed E-state index contributed by atoms with van der Waals surface area (Å²) < 4.78 is 1.89. The van der Waals surface area contributed by atoms with E-state index in [9.17, 15) is 0 Å². The molecule has 2 heterocycles. The van der Waals surface area contributed by atoms with E-state index in [2.05, 4.69) is 47.4 Å². The highest BCUT2D eigenvalue weighted by molar-refractivity contribution is 5.80. The molecule has 1 aromatic rings. The van der Waals surface area contributed by atoms with Crippen LogP contribution in [0.15, 0.2) is 17.4 Å². The van der Waals surface area contributed by atoms with Crippen LogP contribution < -0.4 is 5.32 Å². The first-order valence-corrected chi connectivity index (χ1v) is 8.26. The van der Waals surface area contributed by atoms with Crippen molar-refractivity contribution in [1.29, 1.82) is 0 Å². The van der Waals surface area contributed by atoms with E-state index in [0.717, 1.165) is 45.1 Å². The van der Waals surface area contributed by atoms with Crippen LogP contribution in [0.4, 0.5) is 0 Å². The van der Waals surface area contributed by atoms with Crippen molar-refractivity contribution in [3.8, 4) is 0 Å². The predicted molar refractivity (Wildman–Crippen MR) is 91.3 cm³/mol. The summed E-state index contributed by atoms with van der Waals surface area (Å²) in [5.41, 5.74) is 1.34. The minimum absolute atomic E-state index is 0.569. The van der Waals surface area contributed by atoms with E-state index in [-0.39, 0.29) is 0 Å². The van der Waals surface area contributed by atoms with Crippen LogP contribution in [0.3, 0.4) is 0 Å². The SMILES string of the molecule is CCNC(=NCCCN(C)C)N1CCC(c2cnn(C)c2)C1. The Labute approximate surface area is 134 Å². The van der Waals surface area contributed by atoms with E-state index < -0.39 is 0 Å². The third-order valence-electron chi connectivity index (χ3n) is 4.04. The molecule has 0 radical (unpaired) electrons. The Balaban J connectivity index is 1.90. The number of hydrogen-bond acceptors (Lipinski definition) is 3. The number of nitrogens with one attached hydrogen (secondary N) is 1. The second-order valence-corrected chi connectivity index (χ2v) is 6.27. The molecule has 1 N–H and O–H groups in total. The Morgan fingerprint density at radius 3 is 2.95 bits per heavy atom. The van der Waals surface area contributed by atoms with Gasteiger partial charge in [0.25, 0.3) is 0 Å². The molecule has 0 saturated carbocycles. The quantitative estimate of drug-likeness (QED) is 0.486. The maximum absolute atomic E-state index is 4.78. The lowest BCUT2D eigenvalue weighted by Crippen LogP contribution is -2.40. The number of nitrogens with zero attached hydrogens (tertiary/aromatic N) is 5. The highest BCUT2D eigenvalue weighted by atomic mass is 15.3. The van der Waals surface area contributed by atoms with Crippen molar-refractivity contribution in [2.75, 3.05) is 46.8 Å². The number of aryl methyl sites for hydroxylation is 1. The van der Waals surface area contributed by atoms with Crippen LogP contribution in [0.1, 0.15) is 31.2 Å². The number of aromatic nitrogens is 2. The smallest absolute Gasteiger partial charge is 0.193 e. The zero-order valence-corrected chi connectivity index (χ0v) is 14.4. The molecular weight excluding hydrogens is 276 g/mol. The van der Waals surface area contributed by atoms with Gasteiger partial charge in [-0.05, 0) is 46.0 Å². The van der Waals surface area contributed by atoms with Gasteiger partial charge in [-0.25, -0.2) is 0 Å². The lowest BCUT2D eigenvalue weighted by atomic mass is 10.0. The number of aliphatic imine (C=N–C) groups is 1. The summed E-state index contributed by atoms with van der Waals surface area (Å²) in [6.45, 7) is 7.12. The number of rotatable bonds is 6. The molecule has 1 fully saturated rings. The average molecular weight is 306 g/mol. The molecule has 22 heavy (non-hydrogen) atoms. The lowest BCUT2D eigenvalue weighted by molar-refractivity contribution is 0.402. The minimum Gasteiger partial charge on any atom is -0.357 e. The number of guanidine groups is 1. The van der Waals surface area contributed by atoms with Gasteiger partial charge < -0.3 is 15.1 Å². The van der Waals surface area contributed by atoms with Crippen LogP contribution in [0.2, 0.25) is 0 Å². The molecular formula is C16H30N6. The third kappa shape index (κ3) is 4.73. The van der Waals surface area contributed by atoms with Gasteiger partial charge in [0.1, 0.15) is 0 Å². The van der Waals surface area contributed by atoms with E-state index in [1.54, 1.807) is 0 Å². The van der Waals surface area contributed by atoms with Crippen LogP contribution >= 0.6 is 0 Å². The van der Waals surface area contributed by atoms with Gasteiger partial charge in [-0.3, -0.25) is 9.67 Å². The second kappa shape index (κ2) is 8.17. The van der Waals surface area contributed by atoms with Crippen LogP contribution in [-0.2, 0) is 7.05 Å². The molecule has 1 unspecified atom stereocenters. The predicted octanol–water partition coefficient (Wildman–Crippen LogP) is 1.13. The van der Waals surface area contributed by atoms with E-state index in [1.165, 1.54) is 12.0 Å². The number of hydrogen-bond donors (Lipinski definition) is 1. The maximum Gasteiger partial charge on any atom is 0.193 e. The molecule has 1 aliphatic rings. The summed E-state index contributed by atoms with van der Waals surface area (Å²) in [5, 5.41) is 7.72. The molecule has 1 aliphatic heterocycles. The molecule has 0 aliphatic carbocycles. The highest BCUT2D eigenvalue weighted by Gasteiger charge is 2.26. The van der Waals surface area contributed by atoms with Crippen LogP contribution in [0.25, 0.3) is 0 Å². The fourth-order valence-electron chi connectivity index (χ4n) is 2.87. The molecule has 0 bridgehead atoms. The summed E-state index contributed by atoms with van der Waals surface area (Å²) in [4.78, 5) is 9.38. The molecule has 1 aromatic heterocycles. The molecule has 6 nitrogen and oxygen atoms in total. The monoisotopic (exact) mass is 306 g/mol. The van der Waals surface area contributed by atoms with Gasteiger partial charge in [-0.2, -0.15) is 5.10 Å². The van der Waals surface area contributed by atoms with Gasteiger partial charge in [0.2, 0.25) is 0 Å². The Bertz CT molecular complexity index is 479. The molecule has 0 spiro atoms. The van der Waals surface area contributed by atoms with Gasteiger partial charge in [-0.15, -0.1) is 0 Å². The van der Waals surface area contributed by atoms with Gasteiger partial charge in [0, 0.05) is 45.3 Å². The molecule has 124 valence electrons. The summed E-state index contributed by atoms with van der Waals surface area (Å²) in [7, 11) is 6.19. The lowest BCUT2D eigenvalue weighted by Gasteiger charge is -2.21. The zero-order chi connectivity index (χ0) is 15.9. The zero-order valence-electron chi connectivity index (χ0n) is 14.4. The van der Waals surface area contributed by atoms with Crippen molar-refractivity contribution in [2.24, 2.45) is 12.0 Å². The van der Waals surface area contributed by atoms with Gasteiger partial charge in [0.05, 0.1) is 6.20 Å². The average Bonchev–Trinajstić information content (AvgIpc) is 3.10. The fourth-order valence-corrected chi connectivity index (χ4v) is 2.87. The fraction of sp³-hybridized carbons (Fsp3) is 0.750. The van der Waals surface area contributed by atoms with Gasteiger partial charge >= 0.3 is 0 Å². The van der Waals surface area contributed by atoms with Crippen molar-refractivity contribution in [3.63, 3.8) is 0 Å². The topological polar surface area (TPSA) is 48.7 Å². The van der Waals surface area contributed by atoms with E-state index in [0.29, 0.717) is 5.92 Å². The Morgan fingerprint density at radius 2 is 2.32 bits per heavy atom. The van der Waals surface area contributed by atoms with Crippen molar-refractivity contribution in [1.82, 2.24) is 24.9 Å². The first-order valence-electron chi connectivity index (χ1n) is 8.26. The largest absolute Gasteiger partial charge is 0.357 e. The summed E-state index contributed by atoms with van der Waals surface area (Å²) in [6, 6.07) is 0. The molecule has 1 saturated heterocycles. The summed E-state index contributed by atoms with van der Waals surface area (Å²) in [5.74, 6) is 1.63. The Hall–Kier alpha value is -1.56. The van der Waals surface area contributed by atoms with Crippen LogP contribution in [0, 0.1) is 0 Å². The van der Waals surface area contributed by atoms with Crippen molar-refractivity contribution >= 4 is 5.96 Å². The maximum atomic E-state index is 4.78. The minimum atomic E-state index is 0.569. The standard InChI is InChI=1S/C16H30N6/c1-5-17-16(18-8-6-9-20(2)3)22-10-7-14(13-22)15-11-19-21(4)12-15/h11-12,14H,5-10,13H2,1-4H3,(H,17,18). The first kappa shape index (κ1) is 16.8. The summed E-state index contributed by atoms with van der Waals surface area (Å²) >= 11 is 0. The molecule has 6 heteroatoms. The second-order valence-electron chi connectivity index (χ2n) is 6.27. The van der Waals surface area contributed by atoms with E-state index in [1.807, 2.05) is 17.9 Å². The van der Waals surface area contributed by atoms with Crippen LogP contribution in [-0.4, -0.2) is 72.4 Å². The number of likely N-dealkylation sites (tertiary alicyclic amines) is 1. The normalized spacial score (nSPS) is 19.2. The van der Waals surface area contributed by atoms with Crippen molar-refractivity contribution < 1.29 is 0 Å². The van der Waals surface area contributed by atoms with Crippen molar-refractivity contribution in [2.45, 2.75) is 25.7 Å². The van der Waals surface area contributed by atoms with Gasteiger partial charge in [-0.1, -0.05) is 0 Å².